The van der Waals surface area contributed by atoms with E-state index in [-0.39, 0.29) is 14.0 Å². The van der Waals surface area contributed by atoms with E-state index in [1.807, 2.05) is 41.5 Å². The molecule has 6 heteroatoms. The van der Waals surface area contributed by atoms with Crippen molar-refractivity contribution in [2.24, 2.45) is 5.92 Å². The summed E-state index contributed by atoms with van der Waals surface area (Å²) < 4.78 is 9.67. The Morgan fingerprint density at radius 1 is 1.04 bits per heavy atom. The van der Waals surface area contributed by atoms with Crippen molar-refractivity contribution in [1.82, 2.24) is 4.90 Å². The van der Waals surface area contributed by atoms with Crippen LogP contribution in [0.15, 0.2) is 0 Å². The predicted octanol–water partition coefficient (Wildman–Crippen LogP) is 5.05. The highest BCUT2D eigenvalue weighted by Crippen LogP contribution is 2.21. The van der Waals surface area contributed by atoms with Gasteiger partial charge < -0.3 is 9.47 Å². The van der Waals surface area contributed by atoms with Crippen LogP contribution >= 0.6 is 0 Å². The van der Waals surface area contributed by atoms with Crippen LogP contribution in [0.3, 0.4) is 0 Å². The van der Waals surface area contributed by atoms with Crippen LogP contribution in [-0.2, 0) is 19.1 Å². The van der Waals surface area contributed by atoms with Crippen LogP contribution in [0.2, 0.25) is 0 Å². The zero-order chi connectivity index (χ0) is 19.9. The lowest BCUT2D eigenvalue weighted by Gasteiger charge is -2.31. The maximum atomic E-state index is 12.0. The number of carbonyl (C=O) groups excluding carboxylic acids is 3. The number of piperidine rings is 1. The molecule has 1 aliphatic heterocycles. The third-order valence-corrected chi connectivity index (χ3v) is 2.54. The molecule has 1 rings (SSSR count). The molecule has 0 bridgehead atoms. The largest absolute Gasteiger partial charge is 0.468 e. The molecule has 0 N–H and O–H groups in total. The molecule has 1 unspecified atom stereocenters. The quantitative estimate of drug-likeness (QED) is 0.481. The SMILES string of the molecule is C.CC.CC.CC.COC(=O)C1CCCN(C(=O)OC(C)(C)C)C1=O. The molecule has 6 nitrogen and oxygen atoms in total. The first kappa shape index (κ1) is 31.2. The first-order valence-corrected chi connectivity index (χ1v) is 8.88. The van der Waals surface area contributed by atoms with Crippen molar-refractivity contribution in [3.8, 4) is 0 Å². The van der Waals surface area contributed by atoms with Crippen molar-refractivity contribution in [2.75, 3.05) is 13.7 Å². The van der Waals surface area contributed by atoms with Gasteiger partial charge in [-0.3, -0.25) is 9.59 Å². The Morgan fingerprint density at radius 2 is 1.48 bits per heavy atom. The van der Waals surface area contributed by atoms with Crippen molar-refractivity contribution < 1.29 is 23.9 Å². The molecule has 0 saturated carbocycles. The smallest absolute Gasteiger partial charge is 0.417 e. The van der Waals surface area contributed by atoms with Gasteiger partial charge in [-0.05, 0) is 33.6 Å². The molecule has 1 saturated heterocycles. The fourth-order valence-corrected chi connectivity index (χ4v) is 1.73. The fraction of sp³-hybridized carbons (Fsp3) is 0.842. The van der Waals surface area contributed by atoms with Crippen LogP contribution in [0.4, 0.5) is 4.79 Å². The van der Waals surface area contributed by atoms with Crippen molar-refractivity contribution in [1.29, 1.82) is 0 Å². The molecule has 0 aromatic rings. The number of ether oxygens (including phenoxy) is 2. The Morgan fingerprint density at radius 3 is 1.84 bits per heavy atom. The molecule has 25 heavy (non-hydrogen) atoms. The topological polar surface area (TPSA) is 72.9 Å². The average molecular weight is 364 g/mol. The number of hydrogen-bond acceptors (Lipinski definition) is 5. The Kier molecular flexibility index (Phi) is 21.5. The van der Waals surface area contributed by atoms with E-state index >= 15 is 0 Å². The third-order valence-electron chi connectivity index (χ3n) is 2.54. The molecule has 2 amide bonds. The van der Waals surface area contributed by atoms with E-state index in [4.69, 9.17) is 4.74 Å². The third kappa shape index (κ3) is 12.4. The lowest BCUT2D eigenvalue weighted by atomic mass is 9.97. The molecular weight excluding hydrogens is 322 g/mol. The second-order valence-electron chi connectivity index (χ2n) is 5.19. The Bertz CT molecular complexity index is 361. The van der Waals surface area contributed by atoms with Gasteiger partial charge in [0.05, 0.1) is 7.11 Å². The first-order chi connectivity index (χ1) is 11.3. The number of likely N-dealkylation sites (tertiary alicyclic amines) is 1. The van der Waals surface area contributed by atoms with E-state index in [1.54, 1.807) is 20.8 Å². The molecule has 1 aliphatic rings. The van der Waals surface area contributed by atoms with E-state index in [9.17, 15) is 14.4 Å². The van der Waals surface area contributed by atoms with Crippen LogP contribution < -0.4 is 0 Å². The highest BCUT2D eigenvalue weighted by molar-refractivity contribution is 6.04. The van der Waals surface area contributed by atoms with Gasteiger partial charge in [-0.25, -0.2) is 9.69 Å². The van der Waals surface area contributed by atoms with Crippen molar-refractivity contribution in [3.63, 3.8) is 0 Å². The van der Waals surface area contributed by atoms with Crippen molar-refractivity contribution in [3.05, 3.63) is 0 Å². The highest BCUT2D eigenvalue weighted by Gasteiger charge is 2.39. The summed E-state index contributed by atoms with van der Waals surface area (Å²) in [7, 11) is 1.22. The molecule has 1 fully saturated rings. The summed E-state index contributed by atoms with van der Waals surface area (Å²) in [6.45, 7) is 17.4. The lowest BCUT2D eigenvalue weighted by molar-refractivity contribution is -0.155. The number of esters is 1. The maximum absolute atomic E-state index is 12.0. The molecule has 152 valence electrons. The fourth-order valence-electron chi connectivity index (χ4n) is 1.73. The summed E-state index contributed by atoms with van der Waals surface area (Å²) in [4.78, 5) is 36.2. The number of methoxy groups -OCH3 is 1. The zero-order valence-corrected chi connectivity index (χ0v) is 17.2. The molecule has 0 aliphatic carbocycles. The Hall–Kier alpha value is -1.59. The van der Waals surface area contributed by atoms with E-state index in [0.717, 1.165) is 4.90 Å². The highest BCUT2D eigenvalue weighted by atomic mass is 16.6. The number of rotatable bonds is 1. The van der Waals surface area contributed by atoms with Gasteiger partial charge in [-0.2, -0.15) is 0 Å². The molecule has 0 aromatic heterocycles. The number of amides is 2. The maximum Gasteiger partial charge on any atom is 0.417 e. The van der Waals surface area contributed by atoms with Gasteiger partial charge in [0.1, 0.15) is 11.5 Å². The minimum Gasteiger partial charge on any atom is -0.468 e. The zero-order valence-electron chi connectivity index (χ0n) is 17.2. The summed E-state index contributed by atoms with van der Waals surface area (Å²) >= 11 is 0. The van der Waals surface area contributed by atoms with Crippen LogP contribution in [-0.4, -0.2) is 42.1 Å². The summed E-state index contributed by atoms with van der Waals surface area (Å²) in [6, 6.07) is 0. The summed E-state index contributed by atoms with van der Waals surface area (Å²) in [5.41, 5.74) is -0.671. The van der Waals surface area contributed by atoms with Crippen LogP contribution in [0.25, 0.3) is 0 Å². The minimum absolute atomic E-state index is 0. The average Bonchev–Trinajstić information content (AvgIpc) is 2.58. The number of nitrogens with zero attached hydrogens (tertiary/aromatic N) is 1. The van der Waals surface area contributed by atoms with E-state index < -0.39 is 29.5 Å². The van der Waals surface area contributed by atoms with Gasteiger partial charge in [0.25, 0.3) is 0 Å². The lowest BCUT2D eigenvalue weighted by Crippen LogP contribution is -2.49. The molecule has 0 spiro atoms. The van der Waals surface area contributed by atoms with Crippen LogP contribution in [0, 0.1) is 5.92 Å². The van der Waals surface area contributed by atoms with Gasteiger partial charge >= 0.3 is 12.1 Å². The Labute approximate surface area is 155 Å². The van der Waals surface area contributed by atoms with E-state index in [1.165, 1.54) is 7.11 Å². The molecule has 0 aromatic carbocycles. The normalized spacial score (nSPS) is 15.5. The van der Waals surface area contributed by atoms with E-state index in [2.05, 4.69) is 4.74 Å². The summed E-state index contributed by atoms with van der Waals surface area (Å²) in [5, 5.41) is 0. The second kappa shape index (κ2) is 17.2. The van der Waals surface area contributed by atoms with Gasteiger partial charge in [0.15, 0.2) is 0 Å². The van der Waals surface area contributed by atoms with Gasteiger partial charge in [0.2, 0.25) is 5.91 Å². The van der Waals surface area contributed by atoms with Gasteiger partial charge in [0, 0.05) is 6.54 Å². The Balaban J connectivity index is -0.000000284. The number of imide groups is 1. The monoisotopic (exact) mass is 363 g/mol. The predicted molar refractivity (Wildman–Crippen MR) is 103 cm³/mol. The minimum atomic E-state index is -0.892. The number of carbonyl (C=O) groups is 3. The first-order valence-electron chi connectivity index (χ1n) is 8.88. The summed E-state index contributed by atoms with van der Waals surface area (Å²) in [5.74, 6) is -2.04. The summed E-state index contributed by atoms with van der Waals surface area (Å²) in [6.07, 6.45) is 0.274. The molecular formula is C19H41NO5. The standard InChI is InChI=1S/C12H19NO5.3C2H6.CH4/c1-12(2,3)18-11(16)13-7-5-6-8(9(13)14)10(15)17-4;3*1-2;/h8H,5-7H2,1-4H3;3*1-2H3;1H4. The molecule has 0 radical (unpaired) electrons. The van der Waals surface area contributed by atoms with Gasteiger partial charge in [-0.1, -0.05) is 49.0 Å². The van der Waals surface area contributed by atoms with Crippen LogP contribution in [0.1, 0.15) is 82.6 Å². The van der Waals surface area contributed by atoms with Crippen molar-refractivity contribution in [2.45, 2.75) is 88.2 Å². The van der Waals surface area contributed by atoms with Crippen molar-refractivity contribution >= 4 is 18.0 Å². The van der Waals surface area contributed by atoms with E-state index in [0.29, 0.717) is 12.8 Å². The van der Waals surface area contributed by atoms with Gasteiger partial charge in [-0.15, -0.1) is 0 Å². The second-order valence-corrected chi connectivity index (χ2v) is 5.19. The van der Waals surface area contributed by atoms with Crippen LogP contribution in [0.5, 0.6) is 0 Å². The number of hydrogen-bond donors (Lipinski definition) is 0. The molecule has 1 heterocycles. The molecule has 1 atom stereocenters.